The number of amides is 1. The molecule has 1 aromatic carbocycles. The van der Waals surface area contributed by atoms with Crippen LogP contribution in [0.2, 0.25) is 0 Å². The molecule has 1 amide bonds. The minimum Gasteiger partial charge on any atom is -0.496 e. The van der Waals surface area contributed by atoms with Gasteiger partial charge in [-0.15, -0.1) is 0 Å². The van der Waals surface area contributed by atoms with E-state index in [1.54, 1.807) is 4.90 Å². The minimum absolute atomic E-state index is 0.0722. The molecular formula is C23H28FN3O3. The maximum absolute atomic E-state index is 13.8. The van der Waals surface area contributed by atoms with Crippen LogP contribution in [0.15, 0.2) is 23.0 Å². The molecule has 1 aliphatic heterocycles. The first-order valence-electron chi connectivity index (χ1n) is 10.4. The molecule has 0 radical (unpaired) electrons. The molecule has 1 aromatic heterocycles. The summed E-state index contributed by atoms with van der Waals surface area (Å²) in [5.41, 5.74) is 1.11. The molecule has 2 aromatic rings. The quantitative estimate of drug-likeness (QED) is 0.819. The number of nitrogens with zero attached hydrogens (tertiary/aromatic N) is 2. The highest BCUT2D eigenvalue weighted by atomic mass is 19.1. The number of likely N-dealkylation sites (tertiary alicyclic amines) is 1. The van der Waals surface area contributed by atoms with Gasteiger partial charge in [-0.3, -0.25) is 9.59 Å². The standard InChI is InChI=1S/C23H28FN3O3/c1-22(2,3)21-25-18-15(19(28)26-21)8-10-23(18)9-5-11-27(13-23)20(29)16-12-14(24)6-7-17(16)30-4/h6-7,12H,5,8-11,13H2,1-4H3,(H,25,26,28). The fourth-order valence-corrected chi connectivity index (χ4v) is 4.73. The number of nitrogens with one attached hydrogen (secondary N) is 1. The number of hydrogen-bond donors (Lipinski definition) is 1. The third-order valence-electron chi connectivity index (χ3n) is 6.34. The fraction of sp³-hybridized carbons (Fsp3) is 0.522. The molecule has 30 heavy (non-hydrogen) atoms. The molecule has 1 N–H and O–H groups in total. The Morgan fingerprint density at radius 3 is 2.77 bits per heavy atom. The summed E-state index contributed by atoms with van der Waals surface area (Å²) in [5.74, 6) is 0.306. The van der Waals surface area contributed by atoms with Crippen LogP contribution in [0.5, 0.6) is 5.75 Å². The van der Waals surface area contributed by atoms with Crippen LogP contribution < -0.4 is 10.3 Å². The largest absolute Gasteiger partial charge is 0.496 e. The molecule has 7 heteroatoms. The first-order valence-corrected chi connectivity index (χ1v) is 10.4. The van der Waals surface area contributed by atoms with Crippen LogP contribution in [0.25, 0.3) is 0 Å². The average molecular weight is 413 g/mol. The molecule has 2 aliphatic rings. The first-order chi connectivity index (χ1) is 14.1. The molecule has 0 bridgehead atoms. The van der Waals surface area contributed by atoms with E-state index in [2.05, 4.69) is 4.98 Å². The number of aromatic nitrogens is 2. The molecule has 1 unspecified atom stereocenters. The van der Waals surface area contributed by atoms with Crippen molar-refractivity contribution in [2.24, 2.45) is 0 Å². The van der Waals surface area contributed by atoms with Crippen LogP contribution in [0.3, 0.4) is 0 Å². The Bertz CT molecular complexity index is 1060. The molecule has 1 spiro atoms. The number of halogens is 1. The zero-order valence-corrected chi connectivity index (χ0v) is 18.0. The lowest BCUT2D eigenvalue weighted by atomic mass is 9.77. The predicted octanol–water partition coefficient (Wildman–Crippen LogP) is 3.34. The molecule has 1 atom stereocenters. The van der Waals surface area contributed by atoms with Gasteiger partial charge in [0.25, 0.3) is 11.5 Å². The second kappa shape index (κ2) is 7.22. The highest BCUT2D eigenvalue weighted by molar-refractivity contribution is 5.97. The van der Waals surface area contributed by atoms with Crippen LogP contribution in [0.1, 0.15) is 67.5 Å². The number of H-pyrrole nitrogens is 1. The van der Waals surface area contributed by atoms with Crippen molar-refractivity contribution in [1.29, 1.82) is 0 Å². The first kappa shape index (κ1) is 20.6. The van der Waals surface area contributed by atoms with Crippen molar-refractivity contribution in [2.75, 3.05) is 20.2 Å². The van der Waals surface area contributed by atoms with E-state index in [1.165, 1.54) is 25.3 Å². The predicted molar refractivity (Wildman–Crippen MR) is 112 cm³/mol. The molecule has 6 nitrogen and oxygen atoms in total. The van der Waals surface area contributed by atoms with Crippen molar-refractivity contribution < 1.29 is 13.9 Å². The molecule has 1 aliphatic carbocycles. The maximum atomic E-state index is 13.8. The van der Waals surface area contributed by atoms with Gasteiger partial charge in [0, 0.05) is 29.5 Å². The zero-order chi connectivity index (χ0) is 21.7. The Labute approximate surface area is 175 Å². The van der Waals surface area contributed by atoms with Crippen LogP contribution >= 0.6 is 0 Å². The number of piperidine rings is 1. The van der Waals surface area contributed by atoms with Crippen LogP contribution in [0.4, 0.5) is 4.39 Å². The number of fused-ring (bicyclic) bond motifs is 2. The van der Waals surface area contributed by atoms with E-state index in [4.69, 9.17) is 9.72 Å². The van der Waals surface area contributed by atoms with Crippen LogP contribution in [-0.4, -0.2) is 41.0 Å². The summed E-state index contributed by atoms with van der Waals surface area (Å²) in [6.45, 7) is 7.12. The number of methoxy groups -OCH3 is 1. The third kappa shape index (κ3) is 3.40. The van der Waals surface area contributed by atoms with Gasteiger partial charge in [0.2, 0.25) is 0 Å². The summed E-state index contributed by atoms with van der Waals surface area (Å²) in [6, 6.07) is 3.99. The van der Waals surface area contributed by atoms with E-state index < -0.39 is 5.82 Å². The molecule has 160 valence electrons. The minimum atomic E-state index is -0.472. The maximum Gasteiger partial charge on any atom is 0.257 e. The number of ether oxygens (including phenoxy) is 1. The lowest BCUT2D eigenvalue weighted by molar-refractivity contribution is 0.0629. The number of benzene rings is 1. The molecule has 4 rings (SSSR count). The summed E-state index contributed by atoms with van der Waals surface area (Å²) in [5, 5.41) is 0. The highest BCUT2D eigenvalue weighted by Gasteiger charge is 2.46. The number of hydrogen-bond acceptors (Lipinski definition) is 4. The number of carbonyl (C=O) groups excluding carboxylic acids is 1. The van der Waals surface area contributed by atoms with E-state index in [1.807, 2.05) is 20.8 Å². The van der Waals surface area contributed by atoms with Gasteiger partial charge in [0.05, 0.1) is 18.4 Å². The van der Waals surface area contributed by atoms with Crippen molar-refractivity contribution in [3.05, 3.63) is 57.0 Å². The monoisotopic (exact) mass is 413 g/mol. The summed E-state index contributed by atoms with van der Waals surface area (Å²) in [4.78, 5) is 35.6. The van der Waals surface area contributed by atoms with Crippen molar-refractivity contribution >= 4 is 5.91 Å². The van der Waals surface area contributed by atoms with Crippen LogP contribution in [0, 0.1) is 5.82 Å². The fourth-order valence-electron chi connectivity index (χ4n) is 4.73. The van der Waals surface area contributed by atoms with Gasteiger partial charge in [-0.05, 0) is 43.9 Å². The highest BCUT2D eigenvalue weighted by Crippen LogP contribution is 2.44. The Morgan fingerprint density at radius 1 is 1.30 bits per heavy atom. The average Bonchev–Trinajstić information content (AvgIpc) is 3.05. The molecule has 0 saturated carbocycles. The van der Waals surface area contributed by atoms with Gasteiger partial charge in [-0.2, -0.15) is 0 Å². The second-order valence-corrected chi connectivity index (χ2v) is 9.45. The van der Waals surface area contributed by atoms with Gasteiger partial charge in [-0.25, -0.2) is 9.37 Å². The van der Waals surface area contributed by atoms with E-state index >= 15 is 0 Å². The van der Waals surface area contributed by atoms with E-state index in [0.717, 1.165) is 30.5 Å². The molecule has 2 heterocycles. The van der Waals surface area contributed by atoms with Crippen molar-refractivity contribution in [1.82, 2.24) is 14.9 Å². The van der Waals surface area contributed by atoms with E-state index in [-0.39, 0.29) is 27.9 Å². The normalized spacial score (nSPS) is 21.0. The number of aromatic amines is 1. The lowest BCUT2D eigenvalue weighted by Gasteiger charge is -2.41. The van der Waals surface area contributed by atoms with Gasteiger partial charge in [0.15, 0.2) is 0 Å². The Morgan fingerprint density at radius 2 is 2.07 bits per heavy atom. The Balaban J connectivity index is 1.71. The Kier molecular flexibility index (Phi) is 4.95. The smallest absolute Gasteiger partial charge is 0.257 e. The summed E-state index contributed by atoms with van der Waals surface area (Å²) >= 11 is 0. The van der Waals surface area contributed by atoms with Crippen molar-refractivity contribution in [3.63, 3.8) is 0 Å². The van der Waals surface area contributed by atoms with Gasteiger partial charge in [-0.1, -0.05) is 20.8 Å². The summed E-state index contributed by atoms with van der Waals surface area (Å²) in [6.07, 6.45) is 3.13. The summed E-state index contributed by atoms with van der Waals surface area (Å²) < 4.78 is 19.1. The third-order valence-corrected chi connectivity index (χ3v) is 6.34. The zero-order valence-electron chi connectivity index (χ0n) is 18.0. The number of rotatable bonds is 2. The van der Waals surface area contributed by atoms with E-state index in [0.29, 0.717) is 31.1 Å². The summed E-state index contributed by atoms with van der Waals surface area (Å²) in [7, 11) is 1.47. The van der Waals surface area contributed by atoms with Gasteiger partial charge < -0.3 is 14.6 Å². The number of carbonyl (C=O) groups is 1. The topological polar surface area (TPSA) is 75.3 Å². The van der Waals surface area contributed by atoms with Crippen LogP contribution in [-0.2, 0) is 17.3 Å². The SMILES string of the molecule is COc1ccc(F)cc1C(=O)N1CCCC2(CCc3c2nc(C(C)(C)C)[nH]c3=O)C1. The van der Waals surface area contributed by atoms with Gasteiger partial charge >= 0.3 is 0 Å². The lowest BCUT2D eigenvalue weighted by Crippen LogP contribution is -2.48. The molecule has 1 fully saturated rings. The van der Waals surface area contributed by atoms with Crippen molar-refractivity contribution in [3.8, 4) is 5.75 Å². The second-order valence-electron chi connectivity index (χ2n) is 9.45. The van der Waals surface area contributed by atoms with Crippen molar-refractivity contribution in [2.45, 2.75) is 57.3 Å². The molecule has 1 saturated heterocycles. The Hall–Kier alpha value is -2.70. The molecular weight excluding hydrogens is 385 g/mol. The van der Waals surface area contributed by atoms with Gasteiger partial charge in [0.1, 0.15) is 17.4 Å². The van der Waals surface area contributed by atoms with E-state index in [9.17, 15) is 14.0 Å².